The first-order valence-corrected chi connectivity index (χ1v) is 12.1. The van der Waals surface area contributed by atoms with Crippen LogP contribution in [0.1, 0.15) is 52.1 Å². The Hall–Kier alpha value is -3.52. The second-order valence-electron chi connectivity index (χ2n) is 9.85. The summed E-state index contributed by atoms with van der Waals surface area (Å²) in [7, 11) is 3.31. The SMILES string of the molecule is COc1ccc(Cl)cc1NC(=O)CC(C)(C)CC(=O)Nc1c(C(C)C)n(C)n(-c2ccccc2)c1=O. The fourth-order valence-corrected chi connectivity index (χ4v) is 4.52. The summed E-state index contributed by atoms with van der Waals surface area (Å²) in [4.78, 5) is 39.1. The minimum Gasteiger partial charge on any atom is -0.495 e. The largest absolute Gasteiger partial charge is 0.495 e. The number of nitrogens with zero attached hydrogens (tertiary/aromatic N) is 2. The van der Waals surface area contributed by atoms with E-state index in [0.29, 0.717) is 22.1 Å². The van der Waals surface area contributed by atoms with Crippen molar-refractivity contribution in [3.05, 3.63) is 69.6 Å². The average Bonchev–Trinajstić information content (AvgIpc) is 3.02. The van der Waals surface area contributed by atoms with Gasteiger partial charge in [-0.3, -0.25) is 19.1 Å². The molecule has 0 atom stereocenters. The minimum atomic E-state index is -0.675. The van der Waals surface area contributed by atoms with Gasteiger partial charge in [0.25, 0.3) is 5.56 Å². The van der Waals surface area contributed by atoms with Crippen LogP contribution in [-0.4, -0.2) is 28.3 Å². The number of hydrogen-bond donors (Lipinski definition) is 2. The van der Waals surface area contributed by atoms with Gasteiger partial charge in [0.2, 0.25) is 11.8 Å². The van der Waals surface area contributed by atoms with E-state index in [0.717, 1.165) is 5.69 Å². The quantitative estimate of drug-likeness (QED) is 0.404. The highest BCUT2D eigenvalue weighted by Crippen LogP contribution is 2.31. The summed E-state index contributed by atoms with van der Waals surface area (Å²) in [6, 6.07) is 14.2. The molecule has 1 heterocycles. The molecular weight excluding hydrogens is 480 g/mol. The van der Waals surface area contributed by atoms with E-state index in [2.05, 4.69) is 10.6 Å². The molecule has 0 fully saturated rings. The van der Waals surface area contributed by atoms with E-state index in [1.54, 1.807) is 34.6 Å². The first-order valence-electron chi connectivity index (χ1n) is 11.7. The molecule has 9 heteroatoms. The van der Waals surface area contributed by atoms with Gasteiger partial charge in [-0.1, -0.05) is 57.5 Å². The predicted octanol–water partition coefficient (Wildman–Crippen LogP) is 5.35. The number of anilines is 2. The standard InChI is InChI=1S/C27H33ClN4O4/c1-17(2)25-24(26(35)32(31(25)5)19-10-8-7-9-11-19)30-23(34)16-27(3,4)15-22(33)29-20-14-18(28)12-13-21(20)36-6/h7-14,17H,15-16H2,1-6H3,(H,29,33)(H,30,34). The zero-order valence-electron chi connectivity index (χ0n) is 21.5. The molecule has 0 bridgehead atoms. The molecule has 2 amide bonds. The van der Waals surface area contributed by atoms with E-state index >= 15 is 0 Å². The summed E-state index contributed by atoms with van der Waals surface area (Å²) < 4.78 is 8.59. The van der Waals surface area contributed by atoms with Crippen LogP contribution >= 0.6 is 11.6 Å². The minimum absolute atomic E-state index is 0.00516. The van der Waals surface area contributed by atoms with Crippen molar-refractivity contribution in [2.75, 3.05) is 17.7 Å². The number of benzene rings is 2. The second kappa shape index (κ2) is 11.0. The molecule has 8 nitrogen and oxygen atoms in total. The fraction of sp³-hybridized carbons (Fsp3) is 0.370. The Kier molecular flexibility index (Phi) is 8.30. The highest BCUT2D eigenvalue weighted by Gasteiger charge is 2.28. The summed E-state index contributed by atoms with van der Waals surface area (Å²) in [6.07, 6.45) is 0.125. The van der Waals surface area contributed by atoms with Crippen molar-refractivity contribution in [3.8, 4) is 11.4 Å². The lowest BCUT2D eigenvalue weighted by molar-refractivity contribution is -0.120. The normalized spacial score (nSPS) is 11.4. The van der Waals surface area contributed by atoms with Crippen LogP contribution in [0, 0.1) is 5.41 Å². The molecule has 0 unspecified atom stereocenters. The number of rotatable bonds is 9. The number of ether oxygens (including phenoxy) is 1. The van der Waals surface area contributed by atoms with E-state index in [1.807, 2.05) is 58.0 Å². The number of halogens is 1. The summed E-state index contributed by atoms with van der Waals surface area (Å²) in [5, 5.41) is 6.11. The molecule has 0 radical (unpaired) electrons. The Balaban J connectivity index is 1.76. The lowest BCUT2D eigenvalue weighted by atomic mass is 9.85. The summed E-state index contributed by atoms with van der Waals surface area (Å²) in [5.41, 5.74) is 1.17. The number of para-hydroxylation sites is 1. The number of aromatic nitrogens is 2. The van der Waals surface area contributed by atoms with Gasteiger partial charge in [-0.05, 0) is 41.7 Å². The van der Waals surface area contributed by atoms with E-state index < -0.39 is 5.41 Å². The summed E-state index contributed by atoms with van der Waals surface area (Å²) in [5.74, 6) is -0.127. The average molecular weight is 513 g/mol. The zero-order chi connectivity index (χ0) is 26.6. The van der Waals surface area contributed by atoms with Crippen LogP contribution in [0.2, 0.25) is 5.02 Å². The molecule has 36 heavy (non-hydrogen) atoms. The number of carbonyl (C=O) groups excluding carboxylic acids is 2. The third-order valence-corrected chi connectivity index (χ3v) is 6.07. The highest BCUT2D eigenvalue weighted by molar-refractivity contribution is 6.31. The van der Waals surface area contributed by atoms with Gasteiger partial charge in [0.15, 0.2) is 0 Å². The Morgan fingerprint density at radius 1 is 1.03 bits per heavy atom. The molecule has 2 N–H and O–H groups in total. The van der Waals surface area contributed by atoms with Gasteiger partial charge in [0.05, 0.1) is 24.2 Å². The fourth-order valence-electron chi connectivity index (χ4n) is 4.35. The van der Waals surface area contributed by atoms with Gasteiger partial charge in [-0.25, -0.2) is 4.68 Å². The summed E-state index contributed by atoms with van der Waals surface area (Å²) in [6.45, 7) is 7.60. The Morgan fingerprint density at radius 3 is 2.22 bits per heavy atom. The highest BCUT2D eigenvalue weighted by atomic mass is 35.5. The lowest BCUT2D eigenvalue weighted by Gasteiger charge is -2.23. The van der Waals surface area contributed by atoms with Crippen molar-refractivity contribution in [3.63, 3.8) is 0 Å². The summed E-state index contributed by atoms with van der Waals surface area (Å²) >= 11 is 6.05. The maximum Gasteiger partial charge on any atom is 0.295 e. The van der Waals surface area contributed by atoms with E-state index in [9.17, 15) is 14.4 Å². The zero-order valence-corrected chi connectivity index (χ0v) is 22.3. The number of amides is 2. The van der Waals surface area contributed by atoms with Crippen LogP contribution in [0.25, 0.3) is 5.69 Å². The van der Waals surface area contributed by atoms with Gasteiger partial charge in [-0.15, -0.1) is 0 Å². The van der Waals surface area contributed by atoms with Crippen LogP contribution < -0.4 is 20.9 Å². The molecule has 0 saturated heterocycles. The molecule has 1 aromatic heterocycles. The molecule has 0 aliphatic rings. The van der Waals surface area contributed by atoms with Gasteiger partial charge < -0.3 is 15.4 Å². The van der Waals surface area contributed by atoms with Gasteiger partial charge in [-0.2, -0.15) is 0 Å². The van der Waals surface area contributed by atoms with Crippen molar-refractivity contribution in [1.82, 2.24) is 9.36 Å². The van der Waals surface area contributed by atoms with E-state index in [1.165, 1.54) is 7.11 Å². The van der Waals surface area contributed by atoms with Crippen LogP contribution in [0.15, 0.2) is 53.3 Å². The molecule has 0 saturated carbocycles. The molecule has 0 aliphatic heterocycles. The molecular formula is C27H33ClN4O4. The second-order valence-corrected chi connectivity index (χ2v) is 10.3. The van der Waals surface area contributed by atoms with Gasteiger partial charge in [0.1, 0.15) is 11.4 Å². The molecule has 3 rings (SSSR count). The monoisotopic (exact) mass is 512 g/mol. The third kappa shape index (κ3) is 6.18. The van der Waals surface area contributed by atoms with Crippen molar-refractivity contribution in [2.24, 2.45) is 12.5 Å². The van der Waals surface area contributed by atoms with E-state index in [-0.39, 0.29) is 41.8 Å². The van der Waals surface area contributed by atoms with Crippen molar-refractivity contribution >= 4 is 34.8 Å². The number of hydrogen-bond acceptors (Lipinski definition) is 4. The van der Waals surface area contributed by atoms with Crippen LogP contribution in [0.4, 0.5) is 11.4 Å². The maximum atomic E-state index is 13.3. The number of nitrogens with one attached hydrogen (secondary N) is 2. The molecule has 192 valence electrons. The van der Waals surface area contributed by atoms with Crippen LogP contribution in [0.5, 0.6) is 5.75 Å². The first-order chi connectivity index (χ1) is 16.9. The van der Waals surface area contributed by atoms with Gasteiger partial charge in [0, 0.05) is 24.9 Å². The lowest BCUT2D eigenvalue weighted by Crippen LogP contribution is -2.29. The van der Waals surface area contributed by atoms with Crippen LogP contribution in [-0.2, 0) is 16.6 Å². The Morgan fingerprint density at radius 2 is 1.64 bits per heavy atom. The molecule has 2 aromatic carbocycles. The third-order valence-electron chi connectivity index (χ3n) is 5.84. The molecule has 0 aliphatic carbocycles. The van der Waals surface area contributed by atoms with Crippen molar-refractivity contribution in [2.45, 2.75) is 46.5 Å². The Labute approximate surface area is 216 Å². The van der Waals surface area contributed by atoms with E-state index in [4.69, 9.17) is 16.3 Å². The molecule has 0 spiro atoms. The Bertz CT molecular complexity index is 1310. The smallest absolute Gasteiger partial charge is 0.295 e. The first kappa shape index (κ1) is 27.1. The molecule has 3 aromatic rings. The number of carbonyl (C=O) groups is 2. The predicted molar refractivity (Wildman–Crippen MR) is 143 cm³/mol. The van der Waals surface area contributed by atoms with Crippen molar-refractivity contribution in [1.29, 1.82) is 0 Å². The van der Waals surface area contributed by atoms with Crippen LogP contribution in [0.3, 0.4) is 0 Å². The topological polar surface area (TPSA) is 94.4 Å². The van der Waals surface area contributed by atoms with Gasteiger partial charge >= 0.3 is 0 Å². The number of methoxy groups -OCH3 is 1. The maximum absolute atomic E-state index is 13.3. The van der Waals surface area contributed by atoms with Crippen molar-refractivity contribution < 1.29 is 14.3 Å².